The van der Waals surface area contributed by atoms with Gasteiger partial charge in [-0.25, -0.2) is 15.0 Å². The maximum atomic E-state index is 4.25. The number of hydrogen-bond donors (Lipinski definition) is 0. The predicted octanol–water partition coefficient (Wildman–Crippen LogP) is 2.04. The summed E-state index contributed by atoms with van der Waals surface area (Å²) < 4.78 is 0. The van der Waals surface area contributed by atoms with Gasteiger partial charge in [-0.15, -0.1) is 0 Å². The van der Waals surface area contributed by atoms with Crippen LogP contribution in [0.15, 0.2) is 24.7 Å². The minimum Gasteiger partial charge on any atom is -0.245 e. The number of thiophene rings is 1. The van der Waals surface area contributed by atoms with Gasteiger partial charge in [-0.05, 0) is 12.1 Å². The van der Waals surface area contributed by atoms with Gasteiger partial charge in [0.25, 0.3) is 0 Å². The Labute approximate surface area is 78.1 Å². The zero-order valence-electron chi connectivity index (χ0n) is 6.56. The van der Waals surface area contributed by atoms with Gasteiger partial charge in [0.05, 0.1) is 0 Å². The molecule has 3 rings (SSSR count). The number of rotatable bonds is 0. The van der Waals surface area contributed by atoms with Crippen molar-refractivity contribution in [3.8, 4) is 0 Å². The summed E-state index contributed by atoms with van der Waals surface area (Å²) in [5.41, 5.74) is 0. The van der Waals surface area contributed by atoms with E-state index in [-0.39, 0.29) is 0 Å². The van der Waals surface area contributed by atoms with Gasteiger partial charge in [0, 0.05) is 17.0 Å². The highest BCUT2D eigenvalue weighted by Gasteiger charge is 2.05. The fourth-order valence-corrected chi connectivity index (χ4v) is 2.23. The largest absolute Gasteiger partial charge is 0.245 e. The average molecular weight is 186 g/mol. The lowest BCUT2D eigenvalue weighted by Gasteiger charge is -1.85. The Hall–Kier alpha value is -1.55. The lowest BCUT2D eigenvalue weighted by molar-refractivity contribution is 1.23. The van der Waals surface area contributed by atoms with E-state index in [4.69, 9.17) is 0 Å². The van der Waals surface area contributed by atoms with Crippen molar-refractivity contribution in [2.45, 2.75) is 0 Å². The van der Waals surface area contributed by atoms with Crippen molar-refractivity contribution < 1.29 is 0 Å². The van der Waals surface area contributed by atoms with E-state index in [1.807, 2.05) is 12.1 Å². The Morgan fingerprint density at radius 2 is 2.23 bits per heavy atom. The molecule has 0 saturated carbocycles. The van der Waals surface area contributed by atoms with E-state index in [0.717, 1.165) is 20.4 Å². The van der Waals surface area contributed by atoms with Crippen molar-refractivity contribution in [2.24, 2.45) is 0 Å². The van der Waals surface area contributed by atoms with Crippen LogP contribution in [-0.2, 0) is 0 Å². The number of fused-ring (bicyclic) bond motifs is 3. The third-order valence-corrected chi connectivity index (χ3v) is 2.88. The Kier molecular flexibility index (Phi) is 1.31. The second kappa shape index (κ2) is 2.47. The molecule has 3 aromatic rings. The number of aromatic nitrogens is 3. The predicted molar refractivity (Wildman–Crippen MR) is 51.6 cm³/mol. The molecule has 3 nitrogen and oxygen atoms in total. The summed E-state index contributed by atoms with van der Waals surface area (Å²) in [6.07, 6.45) is 6.23. The molecule has 4 heteroatoms. The van der Waals surface area contributed by atoms with Crippen LogP contribution in [0.3, 0.4) is 0 Å². The molecule has 3 heterocycles. The van der Waals surface area contributed by atoms with Crippen LogP contribution in [-0.4, -0.2) is 15.0 Å². The Bertz CT molecular complexity index is 523. The van der Waals surface area contributed by atoms with E-state index in [2.05, 4.69) is 21.1 Å². The van der Waals surface area contributed by atoms with Gasteiger partial charge in [0.15, 0.2) is 0 Å². The molecule has 0 aliphatic carbocycles. The molecule has 61 valence electrons. The molecule has 1 radical (unpaired) electrons. The van der Waals surface area contributed by atoms with E-state index in [1.165, 1.54) is 6.33 Å². The summed E-state index contributed by atoms with van der Waals surface area (Å²) >= 11 is 1.57. The second-order valence-electron chi connectivity index (χ2n) is 2.62. The molecule has 0 unspecified atom stereocenters. The molecule has 0 aliphatic rings. The molecule has 13 heavy (non-hydrogen) atoms. The van der Waals surface area contributed by atoms with Crippen LogP contribution in [0.2, 0.25) is 0 Å². The van der Waals surface area contributed by atoms with Crippen molar-refractivity contribution in [1.82, 2.24) is 15.0 Å². The third-order valence-electron chi connectivity index (χ3n) is 1.86. The van der Waals surface area contributed by atoms with Gasteiger partial charge >= 0.3 is 0 Å². The van der Waals surface area contributed by atoms with Crippen molar-refractivity contribution in [3.05, 3.63) is 30.9 Å². The summed E-state index contributed by atoms with van der Waals surface area (Å²) in [5.74, 6) is 0. The van der Waals surface area contributed by atoms with Crippen LogP contribution in [0.4, 0.5) is 0 Å². The molecule has 0 aliphatic heterocycles. The topological polar surface area (TPSA) is 38.7 Å². The van der Waals surface area contributed by atoms with Gasteiger partial charge in [0.1, 0.15) is 22.2 Å². The fraction of sp³-hybridized carbons (Fsp3) is 0. The first-order valence-electron chi connectivity index (χ1n) is 3.81. The molecule has 0 amide bonds. The van der Waals surface area contributed by atoms with Gasteiger partial charge in [-0.2, -0.15) is 0 Å². The second-order valence-corrected chi connectivity index (χ2v) is 3.60. The Balaban J connectivity index is 2.64. The number of hydrogen-bond acceptors (Lipinski definition) is 4. The van der Waals surface area contributed by atoms with E-state index in [9.17, 15) is 0 Å². The summed E-state index contributed by atoms with van der Waals surface area (Å²) in [7, 11) is 0. The maximum Gasteiger partial charge on any atom is 0.130 e. The summed E-state index contributed by atoms with van der Waals surface area (Å²) in [4.78, 5) is 14.2. The Morgan fingerprint density at radius 1 is 1.23 bits per heavy atom. The van der Waals surface area contributed by atoms with Crippen LogP contribution in [0, 0.1) is 6.20 Å². The molecular formula is C9H4N3S. The first kappa shape index (κ1) is 6.91. The quantitative estimate of drug-likeness (QED) is 0.539. The van der Waals surface area contributed by atoms with E-state index >= 15 is 0 Å². The molecule has 0 N–H and O–H groups in total. The summed E-state index contributed by atoms with van der Waals surface area (Å²) in [6.45, 7) is 0. The standard InChI is InChI=1S/C9H4N3S/c1-2-6-7-4-10-5-12-9(7)13-8(6)11-3-1/h1-3,5H. The van der Waals surface area contributed by atoms with Crippen molar-refractivity contribution in [1.29, 1.82) is 0 Å². The van der Waals surface area contributed by atoms with E-state index in [1.54, 1.807) is 17.5 Å². The zero-order valence-corrected chi connectivity index (χ0v) is 7.38. The van der Waals surface area contributed by atoms with Gasteiger partial charge in [0.2, 0.25) is 0 Å². The SMILES string of the molecule is [c]1ncnc2sc3ncccc3c12. The minimum absolute atomic E-state index is 0.948. The Morgan fingerprint density at radius 3 is 3.23 bits per heavy atom. The summed E-state index contributed by atoms with van der Waals surface area (Å²) in [5, 5.41) is 2.05. The smallest absolute Gasteiger partial charge is 0.130 e. The van der Waals surface area contributed by atoms with Crippen LogP contribution >= 0.6 is 11.3 Å². The lowest BCUT2D eigenvalue weighted by Crippen LogP contribution is -1.74. The number of pyridine rings is 1. The average Bonchev–Trinajstić information content (AvgIpc) is 2.56. The summed E-state index contributed by atoms with van der Waals surface area (Å²) in [6, 6.07) is 3.93. The van der Waals surface area contributed by atoms with Crippen molar-refractivity contribution in [2.75, 3.05) is 0 Å². The monoisotopic (exact) mass is 186 g/mol. The van der Waals surface area contributed by atoms with Crippen molar-refractivity contribution >= 4 is 31.8 Å². The first-order chi connectivity index (χ1) is 6.45. The molecule has 3 aromatic heterocycles. The van der Waals surface area contributed by atoms with Gasteiger partial charge in [-0.3, -0.25) is 0 Å². The highest BCUT2D eigenvalue weighted by molar-refractivity contribution is 7.25. The van der Waals surface area contributed by atoms with Crippen LogP contribution in [0.1, 0.15) is 0 Å². The number of nitrogens with zero attached hydrogens (tertiary/aromatic N) is 3. The van der Waals surface area contributed by atoms with Crippen LogP contribution in [0.25, 0.3) is 20.4 Å². The van der Waals surface area contributed by atoms with E-state index < -0.39 is 0 Å². The van der Waals surface area contributed by atoms with Crippen LogP contribution < -0.4 is 0 Å². The molecule has 0 bridgehead atoms. The van der Waals surface area contributed by atoms with E-state index in [0.29, 0.717) is 0 Å². The fourth-order valence-electron chi connectivity index (χ4n) is 1.29. The molecule has 0 atom stereocenters. The maximum absolute atomic E-state index is 4.25. The van der Waals surface area contributed by atoms with Crippen molar-refractivity contribution in [3.63, 3.8) is 0 Å². The normalized spacial score (nSPS) is 11.1. The molecular weight excluding hydrogens is 182 g/mol. The first-order valence-corrected chi connectivity index (χ1v) is 4.63. The highest BCUT2D eigenvalue weighted by Crippen LogP contribution is 2.28. The molecule has 0 fully saturated rings. The van der Waals surface area contributed by atoms with Gasteiger partial charge in [-0.1, -0.05) is 11.3 Å². The molecule has 0 aromatic carbocycles. The van der Waals surface area contributed by atoms with Crippen LogP contribution in [0.5, 0.6) is 0 Å². The molecule has 0 saturated heterocycles. The minimum atomic E-state index is 0.948. The molecule has 0 spiro atoms. The van der Waals surface area contributed by atoms with Gasteiger partial charge < -0.3 is 0 Å². The zero-order chi connectivity index (χ0) is 8.67. The third kappa shape index (κ3) is 0.922. The lowest BCUT2D eigenvalue weighted by atomic mass is 10.3. The highest BCUT2D eigenvalue weighted by atomic mass is 32.1.